The number of rotatable bonds is 4. The highest BCUT2D eigenvalue weighted by Gasteiger charge is 2.33. The third-order valence-electron chi connectivity index (χ3n) is 5.32. The first-order valence-corrected chi connectivity index (χ1v) is 9.23. The Kier molecular flexibility index (Phi) is 4.52. The molecule has 0 aliphatic carbocycles. The fraction of sp³-hybridized carbons (Fsp3) is 0.318. The lowest BCUT2D eigenvalue weighted by Gasteiger charge is -2.26. The second-order valence-electron chi connectivity index (χ2n) is 7.04. The fourth-order valence-corrected chi connectivity index (χ4v) is 3.95. The van der Waals surface area contributed by atoms with Crippen LogP contribution in [-0.2, 0) is 0 Å². The number of hydrogen-bond donors (Lipinski definition) is 1. The van der Waals surface area contributed by atoms with Crippen LogP contribution in [-0.4, -0.2) is 36.6 Å². The number of nitrogens with zero attached hydrogens (tertiary/aromatic N) is 1. The number of nitrogens with one attached hydrogen (secondary N) is 1. The zero-order chi connectivity index (χ0) is 19.0. The van der Waals surface area contributed by atoms with E-state index >= 15 is 0 Å². The lowest BCUT2D eigenvalue weighted by Crippen LogP contribution is -2.31. The largest absolute Gasteiger partial charge is 0.497 e. The summed E-state index contributed by atoms with van der Waals surface area (Å²) in [5.74, 6) is 1.58. The first-order valence-electron chi connectivity index (χ1n) is 9.23. The number of carbonyl (C=O) groups excluding carboxylic acids is 1. The number of fused-ring (bicyclic) bond motifs is 1. The molecule has 1 saturated heterocycles. The number of ether oxygens (including phenoxy) is 2. The summed E-state index contributed by atoms with van der Waals surface area (Å²) in [6.07, 6.45) is 1.88. The highest BCUT2D eigenvalue weighted by molar-refractivity contribution is 5.98. The molecule has 1 N–H and O–H groups in total. The van der Waals surface area contributed by atoms with Crippen molar-refractivity contribution in [3.05, 3.63) is 59.3 Å². The summed E-state index contributed by atoms with van der Waals surface area (Å²) >= 11 is 0. The Hall–Kier alpha value is -2.95. The second kappa shape index (κ2) is 6.99. The first kappa shape index (κ1) is 17.5. The minimum Gasteiger partial charge on any atom is -0.497 e. The van der Waals surface area contributed by atoms with Crippen LogP contribution >= 0.6 is 0 Å². The van der Waals surface area contributed by atoms with Crippen LogP contribution < -0.4 is 9.47 Å². The van der Waals surface area contributed by atoms with Gasteiger partial charge in [0.1, 0.15) is 17.2 Å². The molecule has 0 spiro atoms. The lowest BCUT2D eigenvalue weighted by atomic mass is 10.0. The van der Waals surface area contributed by atoms with E-state index in [1.165, 1.54) is 5.56 Å². The van der Waals surface area contributed by atoms with Gasteiger partial charge in [-0.15, -0.1) is 0 Å². The van der Waals surface area contributed by atoms with E-state index in [2.05, 4.69) is 18.0 Å². The third kappa shape index (κ3) is 3.14. The van der Waals surface area contributed by atoms with E-state index in [0.717, 1.165) is 47.4 Å². The summed E-state index contributed by atoms with van der Waals surface area (Å²) in [5.41, 5.74) is 3.79. The molecule has 1 aliphatic rings. The maximum Gasteiger partial charge on any atom is 0.270 e. The molecule has 3 aromatic rings. The van der Waals surface area contributed by atoms with Crippen molar-refractivity contribution in [2.75, 3.05) is 20.8 Å². The van der Waals surface area contributed by atoms with Gasteiger partial charge in [-0.25, -0.2) is 0 Å². The Morgan fingerprint density at radius 3 is 2.74 bits per heavy atom. The molecule has 5 nitrogen and oxygen atoms in total. The highest BCUT2D eigenvalue weighted by atomic mass is 16.5. The maximum atomic E-state index is 13.3. The Bertz CT molecular complexity index is 992. The Morgan fingerprint density at radius 2 is 1.96 bits per heavy atom. The zero-order valence-electron chi connectivity index (χ0n) is 15.9. The lowest BCUT2D eigenvalue weighted by molar-refractivity contribution is 0.0729. The van der Waals surface area contributed by atoms with Gasteiger partial charge in [-0.3, -0.25) is 4.79 Å². The molecule has 1 atom stereocenters. The topological polar surface area (TPSA) is 54.6 Å². The van der Waals surface area contributed by atoms with Crippen LogP contribution in [0.2, 0.25) is 0 Å². The van der Waals surface area contributed by atoms with E-state index in [1.807, 2.05) is 41.3 Å². The molecule has 0 radical (unpaired) electrons. The van der Waals surface area contributed by atoms with Crippen LogP contribution in [0.5, 0.6) is 11.5 Å². The molecule has 1 aromatic heterocycles. The minimum absolute atomic E-state index is 0.0179. The van der Waals surface area contributed by atoms with Crippen LogP contribution in [0.15, 0.2) is 42.5 Å². The zero-order valence-corrected chi connectivity index (χ0v) is 15.9. The molecule has 5 heteroatoms. The Balaban J connectivity index is 1.69. The van der Waals surface area contributed by atoms with Crippen LogP contribution in [0.4, 0.5) is 0 Å². The smallest absolute Gasteiger partial charge is 0.270 e. The molecular formula is C22H24N2O3. The molecule has 0 saturated carbocycles. The van der Waals surface area contributed by atoms with E-state index in [0.29, 0.717) is 5.69 Å². The number of hydrogen-bond acceptors (Lipinski definition) is 3. The maximum absolute atomic E-state index is 13.3. The van der Waals surface area contributed by atoms with Crippen molar-refractivity contribution in [3.63, 3.8) is 0 Å². The van der Waals surface area contributed by atoms with E-state index < -0.39 is 0 Å². The number of methoxy groups -OCH3 is 2. The van der Waals surface area contributed by atoms with Gasteiger partial charge in [0.2, 0.25) is 0 Å². The van der Waals surface area contributed by atoms with E-state index in [1.54, 1.807) is 14.2 Å². The van der Waals surface area contributed by atoms with E-state index in [-0.39, 0.29) is 11.9 Å². The van der Waals surface area contributed by atoms with Gasteiger partial charge in [0.05, 0.1) is 20.3 Å². The number of aryl methyl sites for hydroxylation is 1. The third-order valence-corrected chi connectivity index (χ3v) is 5.32. The molecule has 1 fully saturated rings. The van der Waals surface area contributed by atoms with Crippen LogP contribution in [0.1, 0.15) is 40.5 Å². The first-order chi connectivity index (χ1) is 13.1. The number of aromatic amines is 1. The van der Waals surface area contributed by atoms with E-state index in [4.69, 9.17) is 9.47 Å². The normalized spacial score (nSPS) is 16.7. The average molecular weight is 364 g/mol. The van der Waals surface area contributed by atoms with Crippen molar-refractivity contribution in [3.8, 4) is 11.5 Å². The van der Waals surface area contributed by atoms with Gasteiger partial charge in [0.25, 0.3) is 5.91 Å². The van der Waals surface area contributed by atoms with Gasteiger partial charge >= 0.3 is 0 Å². The standard InChI is InChI=1S/C22H24N2O3/c1-14-6-8-18-15(11-14)12-19(23-18)22(25)24-10-4-5-20(24)17-13-16(26-2)7-9-21(17)27-3/h6-9,11-13,20,23H,4-5,10H2,1-3H3. The molecule has 27 heavy (non-hydrogen) atoms. The van der Waals surface area contributed by atoms with Crippen molar-refractivity contribution >= 4 is 16.8 Å². The van der Waals surface area contributed by atoms with Crippen molar-refractivity contribution < 1.29 is 14.3 Å². The number of benzene rings is 2. The van der Waals surface area contributed by atoms with Crippen molar-refractivity contribution in [1.29, 1.82) is 0 Å². The number of H-pyrrole nitrogens is 1. The van der Waals surface area contributed by atoms with Gasteiger partial charge < -0.3 is 19.4 Å². The van der Waals surface area contributed by atoms with Crippen LogP contribution in [0.25, 0.3) is 10.9 Å². The molecule has 0 bridgehead atoms. The molecule has 2 aromatic carbocycles. The van der Waals surface area contributed by atoms with E-state index in [9.17, 15) is 4.79 Å². The SMILES string of the molecule is COc1ccc(OC)c(C2CCCN2C(=O)c2cc3cc(C)ccc3[nH]2)c1. The molecule has 1 aliphatic heterocycles. The number of likely N-dealkylation sites (tertiary alicyclic amines) is 1. The molecule has 2 heterocycles. The molecule has 4 rings (SSSR count). The Labute approximate surface area is 158 Å². The van der Waals surface area contributed by atoms with Crippen LogP contribution in [0, 0.1) is 6.92 Å². The number of amides is 1. The second-order valence-corrected chi connectivity index (χ2v) is 7.04. The number of aromatic nitrogens is 1. The van der Waals surface area contributed by atoms with Gasteiger partial charge in [-0.1, -0.05) is 11.6 Å². The summed E-state index contributed by atoms with van der Waals surface area (Å²) in [4.78, 5) is 18.5. The summed E-state index contributed by atoms with van der Waals surface area (Å²) in [7, 11) is 3.31. The predicted octanol–water partition coefficient (Wildman–Crippen LogP) is 4.47. The highest BCUT2D eigenvalue weighted by Crippen LogP contribution is 2.39. The predicted molar refractivity (Wildman–Crippen MR) is 106 cm³/mol. The van der Waals surface area contributed by atoms with Gasteiger partial charge in [0, 0.05) is 23.0 Å². The summed E-state index contributed by atoms with van der Waals surface area (Å²) < 4.78 is 10.9. The minimum atomic E-state index is -0.0179. The van der Waals surface area contributed by atoms with Crippen molar-refractivity contribution in [1.82, 2.24) is 9.88 Å². The van der Waals surface area contributed by atoms with Gasteiger partial charge in [-0.2, -0.15) is 0 Å². The average Bonchev–Trinajstić information content (AvgIpc) is 3.33. The molecule has 1 unspecified atom stereocenters. The molecule has 140 valence electrons. The monoisotopic (exact) mass is 364 g/mol. The fourth-order valence-electron chi connectivity index (χ4n) is 3.95. The summed E-state index contributed by atoms with van der Waals surface area (Å²) in [5, 5.41) is 1.06. The van der Waals surface area contributed by atoms with Gasteiger partial charge in [-0.05, 0) is 56.2 Å². The van der Waals surface area contributed by atoms with Crippen molar-refractivity contribution in [2.24, 2.45) is 0 Å². The van der Waals surface area contributed by atoms with Crippen LogP contribution in [0.3, 0.4) is 0 Å². The van der Waals surface area contributed by atoms with Crippen molar-refractivity contribution in [2.45, 2.75) is 25.8 Å². The quantitative estimate of drug-likeness (QED) is 0.743. The summed E-state index contributed by atoms with van der Waals surface area (Å²) in [6.45, 7) is 2.79. The Morgan fingerprint density at radius 1 is 1.11 bits per heavy atom. The summed E-state index contributed by atoms with van der Waals surface area (Å²) in [6, 6.07) is 13.9. The number of carbonyl (C=O) groups is 1. The van der Waals surface area contributed by atoms with Gasteiger partial charge in [0.15, 0.2) is 0 Å². The molecule has 1 amide bonds. The molecular weight excluding hydrogens is 340 g/mol.